The van der Waals surface area contributed by atoms with Crippen LogP contribution in [0.15, 0.2) is 36.4 Å². The van der Waals surface area contributed by atoms with Gasteiger partial charge in [0, 0.05) is 24.2 Å². The van der Waals surface area contributed by atoms with Crippen molar-refractivity contribution in [2.24, 2.45) is 0 Å². The molecule has 0 spiro atoms. The second-order valence-electron chi connectivity index (χ2n) is 4.96. The molecule has 3 rings (SSSR count). The molecule has 0 fully saturated rings. The van der Waals surface area contributed by atoms with Crippen LogP contribution in [0.2, 0.25) is 0 Å². The molecular formula is C16H15F2NO2. The topological polar surface area (TPSA) is 30.5 Å². The van der Waals surface area contributed by atoms with Gasteiger partial charge in [0.1, 0.15) is 11.6 Å². The lowest BCUT2D eigenvalue weighted by Crippen LogP contribution is -2.19. The standard InChI is InChI=1S/C16H15F2NO2/c1-10(13-4-3-12(17)7-14(13)18)19-8-11-2-5-15-16(6-11)21-9-20-15/h2-7,10,19H,8-9H2,1H3. The zero-order valence-electron chi connectivity index (χ0n) is 11.5. The fourth-order valence-corrected chi connectivity index (χ4v) is 2.28. The van der Waals surface area contributed by atoms with Gasteiger partial charge in [-0.1, -0.05) is 12.1 Å². The van der Waals surface area contributed by atoms with E-state index in [0.717, 1.165) is 23.1 Å². The first kappa shape index (κ1) is 13.8. The van der Waals surface area contributed by atoms with E-state index in [1.165, 1.54) is 12.1 Å². The van der Waals surface area contributed by atoms with Crippen LogP contribution in [0.3, 0.4) is 0 Å². The molecule has 1 heterocycles. The van der Waals surface area contributed by atoms with Crippen LogP contribution >= 0.6 is 0 Å². The van der Waals surface area contributed by atoms with Gasteiger partial charge < -0.3 is 14.8 Å². The van der Waals surface area contributed by atoms with Gasteiger partial charge >= 0.3 is 0 Å². The third-order valence-electron chi connectivity index (χ3n) is 3.48. The van der Waals surface area contributed by atoms with Crippen LogP contribution in [0.25, 0.3) is 0 Å². The van der Waals surface area contributed by atoms with Crippen molar-refractivity contribution in [3.05, 3.63) is 59.2 Å². The van der Waals surface area contributed by atoms with Gasteiger partial charge in [0.25, 0.3) is 0 Å². The summed E-state index contributed by atoms with van der Waals surface area (Å²) in [6, 6.07) is 9.06. The molecule has 2 aromatic rings. The normalized spacial score (nSPS) is 14.2. The number of hydrogen-bond donors (Lipinski definition) is 1. The Morgan fingerprint density at radius 1 is 1.10 bits per heavy atom. The molecule has 3 nitrogen and oxygen atoms in total. The van der Waals surface area contributed by atoms with Crippen molar-refractivity contribution in [1.29, 1.82) is 0 Å². The smallest absolute Gasteiger partial charge is 0.231 e. The molecule has 0 saturated heterocycles. The number of nitrogens with one attached hydrogen (secondary N) is 1. The quantitative estimate of drug-likeness (QED) is 0.934. The van der Waals surface area contributed by atoms with Gasteiger partial charge in [-0.2, -0.15) is 0 Å². The number of ether oxygens (including phenoxy) is 2. The van der Waals surface area contributed by atoms with Crippen molar-refractivity contribution >= 4 is 0 Å². The minimum absolute atomic E-state index is 0.226. The number of benzene rings is 2. The van der Waals surface area contributed by atoms with Gasteiger partial charge in [0.2, 0.25) is 6.79 Å². The van der Waals surface area contributed by atoms with Crippen molar-refractivity contribution in [2.75, 3.05) is 6.79 Å². The second-order valence-corrected chi connectivity index (χ2v) is 4.96. The molecule has 1 aliphatic rings. The molecule has 0 aliphatic carbocycles. The highest BCUT2D eigenvalue weighted by molar-refractivity contribution is 5.44. The van der Waals surface area contributed by atoms with Gasteiger partial charge in [-0.3, -0.25) is 0 Å². The summed E-state index contributed by atoms with van der Waals surface area (Å²) in [7, 11) is 0. The van der Waals surface area contributed by atoms with E-state index in [2.05, 4.69) is 5.32 Å². The first-order valence-corrected chi connectivity index (χ1v) is 6.70. The van der Waals surface area contributed by atoms with Crippen LogP contribution in [0.4, 0.5) is 8.78 Å². The number of rotatable bonds is 4. The van der Waals surface area contributed by atoms with E-state index in [4.69, 9.17) is 9.47 Å². The Morgan fingerprint density at radius 2 is 1.90 bits per heavy atom. The van der Waals surface area contributed by atoms with Crippen LogP contribution < -0.4 is 14.8 Å². The predicted octanol–water partition coefficient (Wildman–Crippen LogP) is 3.54. The Bertz CT molecular complexity index is 661. The molecule has 0 amide bonds. The summed E-state index contributed by atoms with van der Waals surface area (Å²) in [4.78, 5) is 0. The van der Waals surface area contributed by atoms with E-state index in [-0.39, 0.29) is 12.8 Å². The molecule has 1 unspecified atom stereocenters. The molecular weight excluding hydrogens is 276 g/mol. The molecule has 0 aromatic heterocycles. The second kappa shape index (κ2) is 5.69. The molecule has 1 aliphatic heterocycles. The van der Waals surface area contributed by atoms with E-state index >= 15 is 0 Å². The van der Waals surface area contributed by atoms with Crippen molar-refractivity contribution in [1.82, 2.24) is 5.32 Å². The minimum atomic E-state index is -0.570. The van der Waals surface area contributed by atoms with E-state index in [1.807, 2.05) is 25.1 Å². The molecule has 5 heteroatoms. The Hall–Kier alpha value is -2.14. The highest BCUT2D eigenvalue weighted by Gasteiger charge is 2.14. The summed E-state index contributed by atoms with van der Waals surface area (Å²) in [5.41, 5.74) is 1.45. The lowest BCUT2D eigenvalue weighted by atomic mass is 10.1. The van der Waals surface area contributed by atoms with Gasteiger partial charge in [-0.15, -0.1) is 0 Å². The molecule has 0 saturated carbocycles. The summed E-state index contributed by atoms with van der Waals surface area (Å²) in [6.07, 6.45) is 0. The third-order valence-corrected chi connectivity index (χ3v) is 3.48. The zero-order chi connectivity index (χ0) is 14.8. The maximum atomic E-state index is 13.7. The Morgan fingerprint density at radius 3 is 2.71 bits per heavy atom. The number of hydrogen-bond acceptors (Lipinski definition) is 3. The highest BCUT2D eigenvalue weighted by atomic mass is 19.1. The summed E-state index contributed by atoms with van der Waals surface area (Å²) < 4.78 is 37.2. The fourth-order valence-electron chi connectivity index (χ4n) is 2.28. The monoisotopic (exact) mass is 291 g/mol. The summed E-state index contributed by atoms with van der Waals surface area (Å²) in [5, 5.41) is 3.21. The third kappa shape index (κ3) is 2.97. The Kier molecular flexibility index (Phi) is 3.75. The average Bonchev–Trinajstić information content (AvgIpc) is 2.92. The molecule has 21 heavy (non-hydrogen) atoms. The predicted molar refractivity (Wildman–Crippen MR) is 74.2 cm³/mol. The van der Waals surface area contributed by atoms with Crippen LogP contribution in [0.1, 0.15) is 24.1 Å². The molecule has 1 atom stereocenters. The van der Waals surface area contributed by atoms with E-state index in [1.54, 1.807) is 0 Å². The maximum Gasteiger partial charge on any atom is 0.231 e. The van der Waals surface area contributed by atoms with E-state index < -0.39 is 11.6 Å². The molecule has 2 aromatic carbocycles. The fraction of sp³-hybridized carbons (Fsp3) is 0.250. The van der Waals surface area contributed by atoms with Crippen LogP contribution in [-0.4, -0.2) is 6.79 Å². The van der Waals surface area contributed by atoms with Gasteiger partial charge in [0.15, 0.2) is 11.5 Å². The largest absolute Gasteiger partial charge is 0.454 e. The molecule has 0 radical (unpaired) electrons. The number of halogens is 2. The van der Waals surface area contributed by atoms with Gasteiger partial charge in [0.05, 0.1) is 0 Å². The lowest BCUT2D eigenvalue weighted by Gasteiger charge is -2.15. The molecule has 1 N–H and O–H groups in total. The Balaban J connectivity index is 1.67. The zero-order valence-corrected chi connectivity index (χ0v) is 11.5. The molecule has 0 bridgehead atoms. The summed E-state index contributed by atoms with van der Waals surface area (Å²) >= 11 is 0. The number of fused-ring (bicyclic) bond motifs is 1. The van der Waals surface area contributed by atoms with E-state index in [0.29, 0.717) is 12.1 Å². The Labute approximate surface area is 121 Å². The summed E-state index contributed by atoms with van der Waals surface area (Å²) in [6.45, 7) is 2.63. The lowest BCUT2D eigenvalue weighted by molar-refractivity contribution is 0.174. The van der Waals surface area contributed by atoms with Crippen molar-refractivity contribution in [2.45, 2.75) is 19.5 Å². The van der Waals surface area contributed by atoms with Gasteiger partial charge in [-0.05, 0) is 30.7 Å². The first-order valence-electron chi connectivity index (χ1n) is 6.70. The SMILES string of the molecule is CC(NCc1ccc2c(c1)OCO2)c1ccc(F)cc1F. The van der Waals surface area contributed by atoms with E-state index in [9.17, 15) is 8.78 Å². The van der Waals surface area contributed by atoms with Gasteiger partial charge in [-0.25, -0.2) is 8.78 Å². The van der Waals surface area contributed by atoms with Crippen LogP contribution in [0.5, 0.6) is 11.5 Å². The highest BCUT2D eigenvalue weighted by Crippen LogP contribution is 2.32. The van der Waals surface area contributed by atoms with Crippen LogP contribution in [-0.2, 0) is 6.54 Å². The van der Waals surface area contributed by atoms with Crippen molar-refractivity contribution < 1.29 is 18.3 Å². The van der Waals surface area contributed by atoms with Crippen molar-refractivity contribution in [3.63, 3.8) is 0 Å². The molecule has 110 valence electrons. The minimum Gasteiger partial charge on any atom is -0.454 e. The first-order chi connectivity index (χ1) is 10.1. The van der Waals surface area contributed by atoms with Crippen molar-refractivity contribution in [3.8, 4) is 11.5 Å². The van der Waals surface area contributed by atoms with Crippen LogP contribution in [0, 0.1) is 11.6 Å². The summed E-state index contributed by atoms with van der Waals surface area (Å²) in [5.74, 6) is 0.339. The maximum absolute atomic E-state index is 13.7. The average molecular weight is 291 g/mol.